The highest BCUT2D eigenvalue weighted by atomic mass is 31.2. The van der Waals surface area contributed by atoms with Crippen molar-refractivity contribution in [2.75, 3.05) is 39.6 Å². The maximum atomic E-state index is 12.8. The van der Waals surface area contributed by atoms with Gasteiger partial charge in [-0.05, 0) is 51.4 Å². The Kier molecular flexibility index (Phi) is 49.5. The third kappa shape index (κ3) is 51.9. The van der Waals surface area contributed by atoms with Gasteiger partial charge in [0.1, 0.15) is 25.4 Å². The van der Waals surface area contributed by atoms with Crippen LogP contribution in [-0.4, -0.2) is 95.9 Å². The number of ether oxygens (including phenoxy) is 3. The van der Waals surface area contributed by atoms with E-state index in [2.05, 4.69) is 45.1 Å². The smallest absolute Gasteiger partial charge is 0.463 e. The fourth-order valence-corrected chi connectivity index (χ4v) is 9.30. The molecule has 5 unspecified atom stereocenters. The van der Waals surface area contributed by atoms with Crippen molar-refractivity contribution in [1.29, 1.82) is 0 Å². The lowest BCUT2D eigenvalue weighted by Gasteiger charge is -2.21. The van der Waals surface area contributed by atoms with E-state index in [4.69, 9.17) is 32.3 Å². The molecule has 0 aliphatic rings. The number of aliphatic hydroxyl groups excluding tert-OH is 2. The number of unbranched alkanes of at least 4 members (excludes halogenated alkanes) is 28. The van der Waals surface area contributed by atoms with Crippen LogP contribution in [0.15, 0.2) is 24.3 Å². The lowest BCUT2D eigenvalue weighted by molar-refractivity contribution is -0.161. The van der Waals surface area contributed by atoms with E-state index < -0.39 is 91.5 Å². The molecule has 0 aliphatic carbocycles. The molecule has 0 rings (SSSR count). The Balaban J connectivity index is 4.63. The highest BCUT2D eigenvalue weighted by molar-refractivity contribution is 7.47. The van der Waals surface area contributed by atoms with Crippen molar-refractivity contribution in [3.63, 3.8) is 0 Å². The van der Waals surface area contributed by atoms with Crippen LogP contribution in [0, 0.1) is 0 Å². The van der Waals surface area contributed by atoms with Gasteiger partial charge in [-0.3, -0.25) is 32.5 Å². The van der Waals surface area contributed by atoms with Crippen LogP contribution in [0.1, 0.15) is 252 Å². The van der Waals surface area contributed by atoms with Gasteiger partial charge in [0.25, 0.3) is 0 Å². The number of carbonyl (C=O) groups is 3. The first-order valence-corrected chi connectivity index (χ1v) is 31.6. The van der Waals surface area contributed by atoms with Crippen molar-refractivity contribution in [1.82, 2.24) is 0 Å². The summed E-state index contributed by atoms with van der Waals surface area (Å²) in [6, 6.07) is 0. The fraction of sp³-hybridized carbons (Fsp3) is 0.873. The predicted molar refractivity (Wildman–Crippen MR) is 289 cm³/mol. The normalized spacial score (nSPS) is 14.8. The van der Waals surface area contributed by atoms with Crippen molar-refractivity contribution in [2.24, 2.45) is 0 Å². The van der Waals surface area contributed by atoms with Crippen LogP contribution in [0.4, 0.5) is 0 Å². The Morgan fingerprint density at radius 3 is 1.10 bits per heavy atom. The maximum absolute atomic E-state index is 12.8. The van der Waals surface area contributed by atoms with Gasteiger partial charge in [0.15, 0.2) is 6.10 Å². The first-order chi connectivity index (χ1) is 35.2. The zero-order valence-electron chi connectivity index (χ0n) is 45.8. The first kappa shape index (κ1) is 71.0. The number of phosphoric ester groups is 2. The van der Waals surface area contributed by atoms with Crippen LogP contribution >= 0.6 is 15.6 Å². The highest BCUT2D eigenvalue weighted by Gasteiger charge is 2.29. The van der Waals surface area contributed by atoms with Gasteiger partial charge in [-0.1, -0.05) is 206 Å². The molecule has 0 amide bonds. The Hall–Kier alpha value is -1.97. The average molecular weight is 1080 g/mol. The molecule has 0 saturated heterocycles. The van der Waals surface area contributed by atoms with E-state index in [1.165, 1.54) is 103 Å². The Morgan fingerprint density at radius 1 is 0.384 bits per heavy atom. The van der Waals surface area contributed by atoms with E-state index in [9.17, 15) is 43.5 Å². The zero-order valence-corrected chi connectivity index (χ0v) is 47.6. The number of rotatable bonds is 55. The first-order valence-electron chi connectivity index (χ1n) is 28.6. The summed E-state index contributed by atoms with van der Waals surface area (Å²) in [7, 11) is -9.73. The monoisotopic (exact) mass is 1080 g/mol. The number of hydrogen-bond donors (Lipinski definition) is 4. The lowest BCUT2D eigenvalue weighted by Crippen LogP contribution is -2.30. The molecule has 0 saturated carbocycles. The minimum atomic E-state index is -4.90. The number of carbonyl (C=O) groups excluding carboxylic acids is 3. The Bertz CT molecular complexity index is 1460. The van der Waals surface area contributed by atoms with Gasteiger partial charge >= 0.3 is 33.6 Å². The highest BCUT2D eigenvalue weighted by Crippen LogP contribution is 2.45. The van der Waals surface area contributed by atoms with Crippen molar-refractivity contribution < 1.29 is 75.8 Å². The van der Waals surface area contributed by atoms with Crippen molar-refractivity contribution in [2.45, 2.75) is 270 Å². The largest absolute Gasteiger partial charge is 0.472 e. The van der Waals surface area contributed by atoms with Gasteiger partial charge in [-0.15, -0.1) is 0 Å². The van der Waals surface area contributed by atoms with Gasteiger partial charge in [-0.2, -0.15) is 0 Å². The predicted octanol–water partition coefficient (Wildman–Crippen LogP) is 14.2. The third-order valence-corrected chi connectivity index (χ3v) is 14.1. The quantitative estimate of drug-likeness (QED) is 0.0146. The van der Waals surface area contributed by atoms with E-state index >= 15 is 0 Å². The molecular formula is C55H104O16P2. The van der Waals surface area contributed by atoms with Crippen molar-refractivity contribution in [3.05, 3.63) is 24.3 Å². The molecular weight excluding hydrogens is 979 g/mol. The van der Waals surface area contributed by atoms with Gasteiger partial charge in [-0.25, -0.2) is 9.13 Å². The summed E-state index contributed by atoms with van der Waals surface area (Å²) in [5.41, 5.74) is 0. The molecule has 0 radical (unpaired) electrons. The number of allylic oxidation sites excluding steroid dienone is 4. The van der Waals surface area contributed by atoms with E-state index in [0.29, 0.717) is 19.3 Å². The molecule has 0 bridgehead atoms. The number of phosphoric acid groups is 2. The van der Waals surface area contributed by atoms with Crippen LogP contribution in [0.3, 0.4) is 0 Å². The molecule has 0 aromatic carbocycles. The molecule has 0 aliphatic heterocycles. The SMILES string of the molecule is CCCCC/C=C\C/C=C\CCCCCCCC(=O)OCC(O)COP(=O)(O)OCC(O)COP(=O)(O)OCC(COC(=O)CCCCCCCCCCCCC)OC(=O)CCCCCCCCCCCCC. The van der Waals surface area contributed by atoms with Crippen molar-refractivity contribution >= 4 is 33.6 Å². The minimum absolute atomic E-state index is 0.113. The Morgan fingerprint density at radius 2 is 0.685 bits per heavy atom. The second kappa shape index (κ2) is 50.8. The molecule has 0 heterocycles. The van der Waals surface area contributed by atoms with Crippen LogP contribution in [0.5, 0.6) is 0 Å². The second-order valence-electron chi connectivity index (χ2n) is 19.5. The summed E-state index contributed by atoms with van der Waals surface area (Å²) in [6.07, 6.45) is 41.2. The van der Waals surface area contributed by atoms with Crippen LogP contribution in [-0.2, 0) is 55.8 Å². The molecule has 18 heteroatoms. The summed E-state index contributed by atoms with van der Waals surface area (Å²) >= 11 is 0. The van der Waals surface area contributed by atoms with Gasteiger partial charge < -0.3 is 34.2 Å². The molecule has 0 aromatic rings. The summed E-state index contributed by atoms with van der Waals surface area (Å²) in [5, 5.41) is 20.4. The number of aliphatic hydroxyl groups is 2. The third-order valence-electron chi connectivity index (χ3n) is 12.2. The molecule has 73 heavy (non-hydrogen) atoms. The molecule has 430 valence electrons. The minimum Gasteiger partial charge on any atom is -0.463 e. The molecule has 0 aromatic heterocycles. The van der Waals surface area contributed by atoms with E-state index in [-0.39, 0.29) is 19.3 Å². The Labute approximate surface area is 442 Å². The fourth-order valence-electron chi connectivity index (χ4n) is 7.72. The lowest BCUT2D eigenvalue weighted by atomic mass is 10.1. The van der Waals surface area contributed by atoms with E-state index in [1.54, 1.807) is 0 Å². The molecule has 0 fully saturated rings. The summed E-state index contributed by atoms with van der Waals surface area (Å²) in [6.45, 7) is 2.60. The topological polar surface area (TPSA) is 231 Å². The molecule has 5 atom stereocenters. The van der Waals surface area contributed by atoms with Crippen LogP contribution < -0.4 is 0 Å². The van der Waals surface area contributed by atoms with Crippen molar-refractivity contribution in [3.8, 4) is 0 Å². The molecule has 4 N–H and O–H groups in total. The summed E-state index contributed by atoms with van der Waals surface area (Å²) in [4.78, 5) is 57.8. The average Bonchev–Trinajstić information content (AvgIpc) is 3.36. The van der Waals surface area contributed by atoms with E-state index in [0.717, 1.165) is 89.9 Å². The van der Waals surface area contributed by atoms with Gasteiger partial charge in [0.05, 0.1) is 26.4 Å². The molecule has 0 spiro atoms. The van der Waals surface area contributed by atoms with E-state index in [1.807, 2.05) is 0 Å². The standard InChI is InChI=1S/C55H104O16P2/c1-4-7-10-13-16-19-22-23-24-25-28-30-32-35-38-41-53(58)65-44-50(56)45-67-72(61,62)68-46-51(57)47-69-73(63,64)70-49-52(71-55(60)43-40-37-34-31-27-21-18-15-12-9-6-3)48-66-54(59)42-39-36-33-29-26-20-17-14-11-8-5-2/h16,19,23-24,50-52,56-57H,4-15,17-18,20-22,25-49H2,1-3H3,(H,61,62)(H,63,64)/b19-16-,24-23-. The van der Waals surface area contributed by atoms with Gasteiger partial charge in [0, 0.05) is 19.3 Å². The van der Waals surface area contributed by atoms with Crippen LogP contribution in [0.25, 0.3) is 0 Å². The number of hydrogen-bond acceptors (Lipinski definition) is 14. The van der Waals surface area contributed by atoms with Gasteiger partial charge in [0.2, 0.25) is 0 Å². The summed E-state index contributed by atoms with van der Waals surface area (Å²) in [5.74, 6) is -1.57. The second-order valence-corrected chi connectivity index (χ2v) is 22.4. The zero-order chi connectivity index (χ0) is 53.9. The maximum Gasteiger partial charge on any atom is 0.472 e. The number of esters is 3. The molecule has 16 nitrogen and oxygen atoms in total. The summed E-state index contributed by atoms with van der Waals surface area (Å²) < 4.78 is 60.4. The van der Waals surface area contributed by atoms with Crippen LogP contribution in [0.2, 0.25) is 0 Å².